The van der Waals surface area contributed by atoms with Crippen LogP contribution in [0.4, 0.5) is 4.39 Å². The Bertz CT molecular complexity index is 950. The second kappa shape index (κ2) is 4.53. The van der Waals surface area contributed by atoms with Gasteiger partial charge in [-0.1, -0.05) is 18.2 Å². The number of fused-ring (bicyclic) bond motifs is 2. The molecule has 0 bridgehead atoms. The molecule has 0 saturated heterocycles. The number of thiophene rings is 1. The minimum atomic E-state index is -0.377. The van der Waals surface area contributed by atoms with Crippen molar-refractivity contribution in [1.29, 1.82) is 0 Å². The molecular weight excluding hydrogens is 285 g/mol. The van der Waals surface area contributed by atoms with Crippen LogP contribution in [0.1, 0.15) is 10.4 Å². The lowest BCUT2D eigenvalue weighted by Crippen LogP contribution is -1.83. The summed E-state index contributed by atoms with van der Waals surface area (Å²) >= 11 is 1.66. The highest BCUT2D eigenvalue weighted by atomic mass is 32.1. The number of carbonyl (C=O) groups is 1. The van der Waals surface area contributed by atoms with Gasteiger partial charge in [0.25, 0.3) is 0 Å². The largest absolute Gasteiger partial charge is 0.360 e. The molecule has 0 radical (unpaired) electrons. The van der Waals surface area contributed by atoms with E-state index in [0.717, 1.165) is 15.8 Å². The Morgan fingerprint density at radius 1 is 1.14 bits per heavy atom. The van der Waals surface area contributed by atoms with Gasteiger partial charge < -0.3 is 4.98 Å². The first-order valence-corrected chi connectivity index (χ1v) is 7.33. The summed E-state index contributed by atoms with van der Waals surface area (Å²) in [5.41, 5.74) is 1.94. The van der Waals surface area contributed by atoms with Gasteiger partial charge in [0.15, 0.2) is 6.29 Å². The average molecular weight is 295 g/mol. The Balaban J connectivity index is 2.04. The Kier molecular flexibility index (Phi) is 2.65. The third kappa shape index (κ3) is 1.80. The van der Waals surface area contributed by atoms with E-state index in [0.29, 0.717) is 22.8 Å². The molecule has 0 unspecified atom stereocenters. The molecule has 1 N–H and O–H groups in total. The molecule has 4 aromatic rings. The first kappa shape index (κ1) is 12.3. The average Bonchev–Trinajstić information content (AvgIpc) is 3.11. The number of hydrogen-bond donors (Lipinski definition) is 1. The molecule has 0 amide bonds. The smallest absolute Gasteiger partial charge is 0.152 e. The van der Waals surface area contributed by atoms with E-state index in [1.54, 1.807) is 23.6 Å². The van der Waals surface area contributed by atoms with E-state index in [4.69, 9.17) is 0 Å². The van der Waals surface area contributed by atoms with E-state index in [9.17, 15) is 9.18 Å². The standard InChI is InChI=1S/C17H10FNOS/c18-13-6-5-12(17-16(13)11(9-20)8-19-17)15-7-10-3-1-2-4-14(10)21-15/h1-9,19H. The molecule has 4 heteroatoms. The lowest BCUT2D eigenvalue weighted by molar-refractivity contribution is 0.112. The van der Waals surface area contributed by atoms with Crippen LogP contribution in [-0.2, 0) is 0 Å². The van der Waals surface area contributed by atoms with Crippen molar-refractivity contribution in [1.82, 2.24) is 4.98 Å². The third-order valence-corrected chi connectivity index (χ3v) is 4.78. The van der Waals surface area contributed by atoms with Crippen molar-refractivity contribution in [3.8, 4) is 10.4 Å². The van der Waals surface area contributed by atoms with E-state index in [-0.39, 0.29) is 5.82 Å². The lowest BCUT2D eigenvalue weighted by atomic mass is 10.1. The number of nitrogens with one attached hydrogen (secondary N) is 1. The maximum atomic E-state index is 14.0. The summed E-state index contributed by atoms with van der Waals surface area (Å²) in [4.78, 5) is 15.1. The third-order valence-electron chi connectivity index (χ3n) is 3.63. The van der Waals surface area contributed by atoms with Gasteiger partial charge >= 0.3 is 0 Å². The van der Waals surface area contributed by atoms with Gasteiger partial charge in [-0.05, 0) is 29.7 Å². The second-order valence-corrected chi connectivity index (χ2v) is 5.94. The number of aromatic amines is 1. The number of carbonyl (C=O) groups excluding carboxylic acids is 1. The van der Waals surface area contributed by atoms with Crippen molar-refractivity contribution in [2.75, 3.05) is 0 Å². The van der Waals surface area contributed by atoms with E-state index in [1.807, 2.05) is 12.1 Å². The summed E-state index contributed by atoms with van der Waals surface area (Å²) in [6.45, 7) is 0. The number of aromatic nitrogens is 1. The minimum absolute atomic E-state index is 0.352. The van der Waals surface area contributed by atoms with E-state index in [2.05, 4.69) is 23.2 Å². The van der Waals surface area contributed by atoms with Gasteiger partial charge in [0.1, 0.15) is 5.82 Å². The molecule has 2 heterocycles. The van der Waals surface area contributed by atoms with Crippen LogP contribution in [-0.4, -0.2) is 11.3 Å². The van der Waals surface area contributed by atoms with Gasteiger partial charge in [-0.2, -0.15) is 0 Å². The highest BCUT2D eigenvalue weighted by molar-refractivity contribution is 7.22. The van der Waals surface area contributed by atoms with Crippen LogP contribution in [0.25, 0.3) is 31.4 Å². The highest BCUT2D eigenvalue weighted by Gasteiger charge is 2.14. The Labute approximate surface area is 123 Å². The summed E-state index contributed by atoms with van der Waals surface area (Å²) in [6, 6.07) is 13.4. The van der Waals surface area contributed by atoms with Crippen molar-refractivity contribution in [3.05, 3.63) is 60.0 Å². The quantitative estimate of drug-likeness (QED) is 0.518. The monoisotopic (exact) mass is 295 g/mol. The summed E-state index contributed by atoms with van der Waals surface area (Å²) < 4.78 is 15.2. The van der Waals surface area contributed by atoms with Crippen molar-refractivity contribution >= 4 is 38.6 Å². The van der Waals surface area contributed by atoms with Crippen molar-refractivity contribution < 1.29 is 9.18 Å². The molecule has 0 aliphatic heterocycles. The Morgan fingerprint density at radius 2 is 2.00 bits per heavy atom. The predicted molar refractivity (Wildman–Crippen MR) is 84.5 cm³/mol. The Hall–Kier alpha value is -2.46. The fourth-order valence-corrected chi connectivity index (χ4v) is 3.74. The van der Waals surface area contributed by atoms with E-state index in [1.165, 1.54) is 10.8 Å². The SMILES string of the molecule is O=Cc1c[nH]c2c(-c3cc4ccccc4s3)ccc(F)c12. The number of benzene rings is 2. The topological polar surface area (TPSA) is 32.9 Å². The molecule has 21 heavy (non-hydrogen) atoms. The van der Waals surface area contributed by atoms with Crippen molar-refractivity contribution in [3.63, 3.8) is 0 Å². The number of H-pyrrole nitrogens is 1. The zero-order valence-corrected chi connectivity index (χ0v) is 11.7. The number of aldehydes is 1. The minimum Gasteiger partial charge on any atom is -0.360 e. The van der Waals surface area contributed by atoms with E-state index < -0.39 is 0 Å². The number of halogens is 1. The molecule has 0 aliphatic rings. The predicted octanol–water partition coefficient (Wildman–Crippen LogP) is 5.00. The molecule has 0 spiro atoms. The molecule has 102 valence electrons. The summed E-state index contributed by atoms with van der Waals surface area (Å²) in [5, 5.41) is 1.53. The maximum Gasteiger partial charge on any atom is 0.152 e. The van der Waals surface area contributed by atoms with Crippen LogP contribution in [0.2, 0.25) is 0 Å². The van der Waals surface area contributed by atoms with Crippen LogP contribution in [0.5, 0.6) is 0 Å². The molecular formula is C17H10FNOS. The second-order valence-electron chi connectivity index (χ2n) is 4.86. The van der Waals surface area contributed by atoms with Crippen LogP contribution in [0.15, 0.2) is 48.7 Å². The Morgan fingerprint density at radius 3 is 2.81 bits per heavy atom. The van der Waals surface area contributed by atoms with Crippen molar-refractivity contribution in [2.24, 2.45) is 0 Å². The zero-order valence-electron chi connectivity index (χ0n) is 10.9. The van der Waals surface area contributed by atoms with Crippen LogP contribution < -0.4 is 0 Å². The maximum absolute atomic E-state index is 14.0. The summed E-state index contributed by atoms with van der Waals surface area (Å²) in [6.07, 6.45) is 2.23. The van der Waals surface area contributed by atoms with Gasteiger partial charge in [-0.25, -0.2) is 4.39 Å². The van der Waals surface area contributed by atoms with Crippen LogP contribution in [0, 0.1) is 5.82 Å². The molecule has 0 atom stereocenters. The van der Waals surface area contributed by atoms with Crippen LogP contribution >= 0.6 is 11.3 Å². The molecule has 2 aromatic carbocycles. The van der Waals surface area contributed by atoms with Crippen LogP contribution in [0.3, 0.4) is 0 Å². The fourth-order valence-electron chi connectivity index (χ4n) is 2.64. The van der Waals surface area contributed by atoms with Gasteiger partial charge in [-0.15, -0.1) is 11.3 Å². The first-order chi connectivity index (χ1) is 10.3. The fraction of sp³-hybridized carbons (Fsp3) is 0. The van der Waals surface area contributed by atoms with Gasteiger partial charge in [0, 0.05) is 32.3 Å². The molecule has 2 nitrogen and oxygen atoms in total. The van der Waals surface area contributed by atoms with Gasteiger partial charge in [0.05, 0.1) is 5.52 Å². The first-order valence-electron chi connectivity index (χ1n) is 6.51. The summed E-state index contributed by atoms with van der Waals surface area (Å²) in [7, 11) is 0. The molecule has 0 aliphatic carbocycles. The lowest BCUT2D eigenvalue weighted by Gasteiger charge is -2.01. The molecule has 0 saturated carbocycles. The van der Waals surface area contributed by atoms with Gasteiger partial charge in [0.2, 0.25) is 0 Å². The zero-order chi connectivity index (χ0) is 14.4. The molecule has 0 fully saturated rings. The van der Waals surface area contributed by atoms with Gasteiger partial charge in [-0.3, -0.25) is 4.79 Å². The number of hydrogen-bond acceptors (Lipinski definition) is 2. The molecule has 4 rings (SSSR count). The van der Waals surface area contributed by atoms with Crippen molar-refractivity contribution in [2.45, 2.75) is 0 Å². The normalized spacial score (nSPS) is 11.3. The van der Waals surface area contributed by atoms with E-state index >= 15 is 0 Å². The highest BCUT2D eigenvalue weighted by Crippen LogP contribution is 2.37. The summed E-state index contributed by atoms with van der Waals surface area (Å²) in [5.74, 6) is -0.377. The molecule has 2 aromatic heterocycles. The number of rotatable bonds is 2.